The van der Waals surface area contributed by atoms with Gasteiger partial charge in [-0.25, -0.2) is 0 Å². The van der Waals surface area contributed by atoms with Crippen molar-refractivity contribution in [3.63, 3.8) is 0 Å². The maximum Gasteiger partial charge on any atom is 0.328 e. The molecule has 2 rings (SSSR count). The van der Waals surface area contributed by atoms with Crippen LogP contribution in [0.4, 0.5) is 5.95 Å². The highest BCUT2D eigenvalue weighted by atomic mass is 35.5. The van der Waals surface area contributed by atoms with E-state index in [0.29, 0.717) is 11.7 Å². The van der Waals surface area contributed by atoms with Crippen LogP contribution in [0.5, 0.6) is 11.8 Å². The predicted molar refractivity (Wildman–Crippen MR) is 84.3 cm³/mol. The maximum atomic E-state index is 5.87. The molecule has 0 atom stereocenters. The van der Waals surface area contributed by atoms with Gasteiger partial charge in [-0.05, 0) is 42.1 Å². The normalized spacial score (nSPS) is 10.5. The smallest absolute Gasteiger partial charge is 0.328 e. The Morgan fingerprint density at radius 2 is 1.81 bits per heavy atom. The molecular formula is C15H19ClN4O. The van der Waals surface area contributed by atoms with E-state index in [1.165, 1.54) is 18.4 Å². The van der Waals surface area contributed by atoms with Gasteiger partial charge in [0.15, 0.2) is 0 Å². The highest BCUT2D eigenvalue weighted by Crippen LogP contribution is 2.21. The predicted octanol–water partition coefficient (Wildman–Crippen LogP) is 3.73. The van der Waals surface area contributed by atoms with Crippen molar-refractivity contribution in [2.45, 2.75) is 26.2 Å². The third kappa shape index (κ3) is 4.56. The van der Waals surface area contributed by atoms with E-state index in [2.05, 4.69) is 34.0 Å². The molecule has 2 aromatic rings. The molecule has 0 aliphatic rings. The van der Waals surface area contributed by atoms with Gasteiger partial charge in [-0.15, -0.1) is 0 Å². The molecule has 0 saturated carbocycles. The molecule has 0 spiro atoms. The van der Waals surface area contributed by atoms with E-state index in [1.807, 2.05) is 26.2 Å². The first kappa shape index (κ1) is 15.5. The number of nitrogens with zero attached hydrogens (tertiary/aromatic N) is 4. The van der Waals surface area contributed by atoms with Gasteiger partial charge < -0.3 is 9.64 Å². The Hall–Kier alpha value is -1.88. The number of hydrogen-bond acceptors (Lipinski definition) is 5. The topological polar surface area (TPSA) is 51.1 Å². The monoisotopic (exact) mass is 306 g/mol. The van der Waals surface area contributed by atoms with Crippen molar-refractivity contribution >= 4 is 17.5 Å². The van der Waals surface area contributed by atoms with E-state index < -0.39 is 0 Å². The molecule has 0 N–H and O–H groups in total. The largest absolute Gasteiger partial charge is 0.424 e. The molecular weight excluding hydrogens is 288 g/mol. The third-order valence-corrected chi connectivity index (χ3v) is 3.10. The van der Waals surface area contributed by atoms with Gasteiger partial charge in [0.05, 0.1) is 0 Å². The number of ether oxygens (including phenoxy) is 1. The van der Waals surface area contributed by atoms with E-state index in [4.69, 9.17) is 16.3 Å². The van der Waals surface area contributed by atoms with Gasteiger partial charge in [0.1, 0.15) is 5.75 Å². The number of halogens is 1. The second-order valence-electron chi connectivity index (χ2n) is 4.93. The van der Waals surface area contributed by atoms with Crippen LogP contribution >= 0.6 is 11.6 Å². The minimum Gasteiger partial charge on any atom is -0.424 e. The van der Waals surface area contributed by atoms with Gasteiger partial charge in [0.25, 0.3) is 0 Å². The second kappa shape index (κ2) is 7.22. The first-order chi connectivity index (χ1) is 10.1. The molecule has 5 nitrogen and oxygen atoms in total. The zero-order chi connectivity index (χ0) is 15.2. The summed E-state index contributed by atoms with van der Waals surface area (Å²) >= 11 is 5.87. The molecule has 6 heteroatoms. The summed E-state index contributed by atoms with van der Waals surface area (Å²) in [5.74, 6) is 1.15. The van der Waals surface area contributed by atoms with Crippen LogP contribution in [0.3, 0.4) is 0 Å². The molecule has 1 aromatic heterocycles. The molecule has 0 unspecified atom stereocenters. The fraction of sp³-hybridized carbons (Fsp3) is 0.400. The van der Waals surface area contributed by atoms with Gasteiger partial charge in [-0.2, -0.15) is 15.0 Å². The van der Waals surface area contributed by atoms with Crippen molar-refractivity contribution in [1.29, 1.82) is 0 Å². The maximum absolute atomic E-state index is 5.87. The van der Waals surface area contributed by atoms with Crippen molar-refractivity contribution in [1.82, 2.24) is 15.0 Å². The molecule has 21 heavy (non-hydrogen) atoms. The average Bonchev–Trinajstić information content (AvgIpc) is 2.46. The summed E-state index contributed by atoms with van der Waals surface area (Å²) in [6.07, 6.45) is 3.46. The lowest BCUT2D eigenvalue weighted by Crippen LogP contribution is -2.13. The first-order valence-electron chi connectivity index (χ1n) is 6.94. The van der Waals surface area contributed by atoms with Crippen LogP contribution in [0.2, 0.25) is 5.28 Å². The summed E-state index contributed by atoms with van der Waals surface area (Å²) in [6, 6.07) is 8.14. The Balaban J connectivity index is 2.10. The molecule has 1 aromatic carbocycles. The summed E-state index contributed by atoms with van der Waals surface area (Å²) < 4.78 is 5.64. The van der Waals surface area contributed by atoms with E-state index in [9.17, 15) is 0 Å². The molecule has 1 heterocycles. The van der Waals surface area contributed by atoms with Crippen molar-refractivity contribution in [3.8, 4) is 11.8 Å². The Morgan fingerprint density at radius 1 is 1.10 bits per heavy atom. The zero-order valence-corrected chi connectivity index (χ0v) is 13.3. The Morgan fingerprint density at radius 3 is 2.43 bits per heavy atom. The van der Waals surface area contributed by atoms with Crippen LogP contribution < -0.4 is 9.64 Å². The van der Waals surface area contributed by atoms with E-state index in [-0.39, 0.29) is 11.3 Å². The summed E-state index contributed by atoms with van der Waals surface area (Å²) in [5, 5.41) is 0.114. The standard InChI is InChI=1S/C15H19ClN4O/c1-4-5-6-11-7-9-12(10-8-11)21-15-18-13(16)17-14(19-15)20(2)3/h7-10H,4-6H2,1-3H3. The molecule has 0 aliphatic heterocycles. The van der Waals surface area contributed by atoms with Crippen molar-refractivity contribution < 1.29 is 4.74 Å². The SMILES string of the molecule is CCCCc1ccc(Oc2nc(Cl)nc(N(C)C)n2)cc1. The summed E-state index contributed by atoms with van der Waals surface area (Å²) in [7, 11) is 3.66. The summed E-state index contributed by atoms with van der Waals surface area (Å²) in [4.78, 5) is 13.9. The van der Waals surface area contributed by atoms with E-state index in [1.54, 1.807) is 4.90 Å². The number of rotatable bonds is 6. The van der Waals surface area contributed by atoms with Crippen LogP contribution in [-0.2, 0) is 6.42 Å². The number of benzene rings is 1. The molecule has 0 aliphatic carbocycles. The zero-order valence-electron chi connectivity index (χ0n) is 12.5. The van der Waals surface area contributed by atoms with Crippen LogP contribution in [0.25, 0.3) is 0 Å². The number of hydrogen-bond donors (Lipinski definition) is 0. The van der Waals surface area contributed by atoms with Crippen molar-refractivity contribution in [2.24, 2.45) is 0 Å². The van der Waals surface area contributed by atoms with E-state index >= 15 is 0 Å². The minimum atomic E-state index is 0.114. The Bertz CT molecular complexity index is 587. The third-order valence-electron chi connectivity index (χ3n) is 2.93. The molecule has 0 fully saturated rings. The highest BCUT2D eigenvalue weighted by molar-refractivity contribution is 6.28. The van der Waals surface area contributed by atoms with Gasteiger partial charge in [-0.1, -0.05) is 25.5 Å². The van der Waals surface area contributed by atoms with E-state index in [0.717, 1.165) is 6.42 Å². The van der Waals surface area contributed by atoms with Crippen LogP contribution in [-0.4, -0.2) is 29.0 Å². The summed E-state index contributed by atoms with van der Waals surface area (Å²) in [5.41, 5.74) is 1.30. The Kier molecular flexibility index (Phi) is 5.33. The molecule has 0 amide bonds. The van der Waals surface area contributed by atoms with Crippen molar-refractivity contribution in [2.75, 3.05) is 19.0 Å². The average molecular weight is 307 g/mol. The fourth-order valence-corrected chi connectivity index (χ4v) is 1.93. The minimum absolute atomic E-state index is 0.114. The molecule has 0 radical (unpaired) electrons. The van der Waals surface area contributed by atoms with Gasteiger partial charge >= 0.3 is 6.01 Å². The number of aryl methyl sites for hydroxylation is 1. The molecule has 0 bridgehead atoms. The number of aromatic nitrogens is 3. The lowest BCUT2D eigenvalue weighted by Gasteiger charge is -2.11. The lowest BCUT2D eigenvalue weighted by atomic mass is 10.1. The van der Waals surface area contributed by atoms with Gasteiger partial charge in [-0.3, -0.25) is 0 Å². The van der Waals surface area contributed by atoms with Crippen LogP contribution in [0.1, 0.15) is 25.3 Å². The second-order valence-corrected chi connectivity index (χ2v) is 5.27. The fourth-order valence-electron chi connectivity index (χ4n) is 1.78. The number of anilines is 1. The van der Waals surface area contributed by atoms with Crippen LogP contribution in [0.15, 0.2) is 24.3 Å². The van der Waals surface area contributed by atoms with Gasteiger partial charge in [0.2, 0.25) is 11.2 Å². The quantitative estimate of drug-likeness (QED) is 0.814. The summed E-state index contributed by atoms with van der Waals surface area (Å²) in [6.45, 7) is 2.18. The Labute approximate surface area is 130 Å². The molecule has 0 saturated heterocycles. The lowest BCUT2D eigenvalue weighted by molar-refractivity contribution is 0.439. The first-order valence-corrected chi connectivity index (χ1v) is 7.32. The van der Waals surface area contributed by atoms with Gasteiger partial charge in [0, 0.05) is 14.1 Å². The molecule has 112 valence electrons. The number of unbranched alkanes of at least 4 members (excludes halogenated alkanes) is 1. The highest BCUT2D eigenvalue weighted by Gasteiger charge is 2.08. The van der Waals surface area contributed by atoms with Crippen molar-refractivity contribution in [3.05, 3.63) is 35.1 Å². The van der Waals surface area contributed by atoms with Crippen LogP contribution in [0, 0.1) is 0 Å².